The van der Waals surface area contributed by atoms with E-state index < -0.39 is 17.7 Å². The van der Waals surface area contributed by atoms with Crippen LogP contribution in [0.25, 0.3) is 6.08 Å². The van der Waals surface area contributed by atoms with Gasteiger partial charge in [-0.1, -0.05) is 29.3 Å². The Kier molecular flexibility index (Phi) is 7.98. The monoisotopic (exact) mass is 397 g/mol. The Morgan fingerprint density at radius 1 is 1.29 bits per heavy atom. The Morgan fingerprint density at radius 3 is 2.62 bits per heavy atom. The summed E-state index contributed by atoms with van der Waals surface area (Å²) in [5, 5.41) is 2.68. The molecule has 0 saturated carbocycles. The summed E-state index contributed by atoms with van der Waals surface area (Å²) in [6, 6.07) is 5.32. The highest BCUT2D eigenvalue weighted by Crippen LogP contribution is 2.23. The average molecular weight is 398 g/mol. The molecule has 132 valence electrons. The quantitative estimate of drug-likeness (QED) is 0.409. The summed E-state index contributed by atoms with van der Waals surface area (Å²) in [5.41, 5.74) is 0.631. The molecule has 1 aromatic carbocycles. The minimum Gasteiger partial charge on any atom is -0.463 e. The van der Waals surface area contributed by atoms with Gasteiger partial charge in [-0.3, -0.25) is 5.32 Å². The second kappa shape index (κ2) is 9.47. The molecule has 1 rings (SSSR count). The van der Waals surface area contributed by atoms with E-state index in [2.05, 4.69) is 21.2 Å². The number of nitrogens with one attached hydrogen (secondary N) is 1. The molecule has 0 bridgehead atoms. The zero-order valence-corrected chi connectivity index (χ0v) is 16.1. The smallest absolute Gasteiger partial charge is 0.412 e. The highest BCUT2D eigenvalue weighted by molar-refractivity contribution is 9.10. The fourth-order valence-electron chi connectivity index (χ4n) is 1.72. The van der Waals surface area contributed by atoms with E-state index in [4.69, 9.17) is 9.47 Å². The van der Waals surface area contributed by atoms with Crippen molar-refractivity contribution in [2.24, 2.45) is 0 Å². The molecule has 5 nitrogen and oxygen atoms in total. The topological polar surface area (TPSA) is 64.6 Å². The number of hydrogen-bond acceptors (Lipinski definition) is 4. The summed E-state index contributed by atoms with van der Waals surface area (Å²) in [5.74, 6) is -0.411. The van der Waals surface area contributed by atoms with E-state index in [9.17, 15) is 9.59 Å². The molecule has 0 aliphatic rings. The zero-order valence-electron chi connectivity index (χ0n) is 14.5. The minimum atomic E-state index is -0.585. The third kappa shape index (κ3) is 8.15. The average Bonchev–Trinajstić information content (AvgIpc) is 2.46. The maximum Gasteiger partial charge on any atom is 0.412 e. The molecule has 0 radical (unpaired) electrons. The lowest BCUT2D eigenvalue weighted by atomic mass is 10.1. The molecule has 6 heteroatoms. The van der Waals surface area contributed by atoms with Crippen molar-refractivity contribution in [3.63, 3.8) is 0 Å². The summed E-state index contributed by atoms with van der Waals surface area (Å²) in [6.07, 6.45) is 4.20. The van der Waals surface area contributed by atoms with E-state index in [0.29, 0.717) is 17.9 Å². The number of carbonyl (C=O) groups is 2. The Hall–Kier alpha value is -1.82. The van der Waals surface area contributed by atoms with Crippen molar-refractivity contribution < 1.29 is 19.1 Å². The lowest BCUT2D eigenvalue weighted by Crippen LogP contribution is -2.27. The van der Waals surface area contributed by atoms with Gasteiger partial charge < -0.3 is 9.47 Å². The van der Waals surface area contributed by atoms with Crippen molar-refractivity contribution in [1.29, 1.82) is 0 Å². The van der Waals surface area contributed by atoms with Crippen molar-refractivity contribution in [3.8, 4) is 0 Å². The molecule has 0 aliphatic carbocycles. The van der Waals surface area contributed by atoms with E-state index in [-0.39, 0.29) is 0 Å². The van der Waals surface area contributed by atoms with Crippen molar-refractivity contribution in [1.82, 2.24) is 0 Å². The normalized spacial score (nSPS) is 11.4. The van der Waals surface area contributed by atoms with Gasteiger partial charge in [-0.15, -0.1) is 0 Å². The molecule has 0 saturated heterocycles. The molecule has 24 heavy (non-hydrogen) atoms. The summed E-state index contributed by atoms with van der Waals surface area (Å²) < 4.78 is 11.1. The van der Waals surface area contributed by atoms with Crippen LogP contribution in [0.3, 0.4) is 0 Å². The molecule has 0 aromatic heterocycles. The predicted molar refractivity (Wildman–Crippen MR) is 98.9 cm³/mol. The molecule has 0 aliphatic heterocycles. The first-order valence-electron chi connectivity index (χ1n) is 7.85. The van der Waals surface area contributed by atoms with Crippen LogP contribution in [0.5, 0.6) is 0 Å². The van der Waals surface area contributed by atoms with Crippen LogP contribution in [-0.4, -0.2) is 24.3 Å². The summed E-state index contributed by atoms with van der Waals surface area (Å²) in [7, 11) is 0. The van der Waals surface area contributed by atoms with Crippen molar-refractivity contribution in [2.45, 2.75) is 46.1 Å². The van der Waals surface area contributed by atoms with Crippen LogP contribution in [0.1, 0.15) is 46.1 Å². The third-order valence-corrected chi connectivity index (χ3v) is 3.28. The van der Waals surface area contributed by atoms with Gasteiger partial charge in [0.25, 0.3) is 0 Å². The Morgan fingerprint density at radius 2 is 2.00 bits per heavy atom. The van der Waals surface area contributed by atoms with E-state index in [0.717, 1.165) is 17.3 Å². The molecule has 1 amide bonds. The van der Waals surface area contributed by atoms with E-state index in [1.807, 2.05) is 6.92 Å². The van der Waals surface area contributed by atoms with E-state index in [1.165, 1.54) is 6.08 Å². The Bertz CT molecular complexity index is 606. The highest BCUT2D eigenvalue weighted by atomic mass is 79.9. The van der Waals surface area contributed by atoms with Crippen LogP contribution in [0.4, 0.5) is 10.5 Å². The van der Waals surface area contributed by atoms with E-state index >= 15 is 0 Å². The molecule has 0 spiro atoms. The molecular formula is C18H24BrNO4. The van der Waals surface area contributed by atoms with Gasteiger partial charge in [-0.05, 0) is 57.0 Å². The third-order valence-electron chi connectivity index (χ3n) is 2.79. The molecule has 0 heterocycles. The summed E-state index contributed by atoms with van der Waals surface area (Å²) in [6.45, 7) is 7.81. The number of halogens is 1. The van der Waals surface area contributed by atoms with Crippen LogP contribution in [0, 0.1) is 0 Å². The zero-order chi connectivity index (χ0) is 18.2. The Labute approximate surface area is 151 Å². The van der Waals surface area contributed by atoms with Crippen LogP contribution >= 0.6 is 15.9 Å². The molecule has 1 aromatic rings. The fraction of sp³-hybridized carbons (Fsp3) is 0.444. The van der Waals surface area contributed by atoms with E-state index in [1.54, 1.807) is 45.0 Å². The van der Waals surface area contributed by atoms with Gasteiger partial charge in [0.05, 0.1) is 12.3 Å². The lowest BCUT2D eigenvalue weighted by Gasteiger charge is -2.20. The number of amides is 1. The van der Waals surface area contributed by atoms with Crippen molar-refractivity contribution >= 4 is 39.8 Å². The summed E-state index contributed by atoms with van der Waals surface area (Å²) >= 11 is 3.38. The fourth-order valence-corrected chi connectivity index (χ4v) is 2.10. The first-order valence-corrected chi connectivity index (χ1v) is 8.65. The first-order chi connectivity index (χ1) is 11.2. The van der Waals surface area contributed by atoms with Crippen molar-refractivity contribution in [3.05, 3.63) is 34.3 Å². The molecular weight excluding hydrogens is 374 g/mol. The molecule has 0 atom stereocenters. The first kappa shape index (κ1) is 20.2. The van der Waals surface area contributed by atoms with Crippen LogP contribution < -0.4 is 5.32 Å². The number of benzene rings is 1. The van der Waals surface area contributed by atoms with Gasteiger partial charge in [-0.25, -0.2) is 9.59 Å². The number of esters is 1. The number of unbranched alkanes of at least 4 members (excludes halogenated alkanes) is 1. The minimum absolute atomic E-state index is 0.404. The maximum absolute atomic E-state index is 11.9. The van der Waals surface area contributed by atoms with Crippen LogP contribution in [-0.2, 0) is 14.3 Å². The number of rotatable bonds is 6. The highest BCUT2D eigenvalue weighted by Gasteiger charge is 2.17. The van der Waals surface area contributed by atoms with Gasteiger partial charge in [0.15, 0.2) is 0 Å². The predicted octanol–water partition coefficient (Wildman–Crippen LogP) is 5.15. The van der Waals surface area contributed by atoms with Gasteiger partial charge >= 0.3 is 12.1 Å². The van der Waals surface area contributed by atoms with Gasteiger partial charge in [0, 0.05) is 10.5 Å². The standard InChI is InChI=1S/C18H24BrNO4/c1-5-6-11-23-16(21)10-7-13-12-14(19)8-9-15(13)20-17(22)24-18(2,3)4/h7-10,12H,5-6,11H2,1-4H3,(H,20,22)/b10-7+. The van der Waals surface area contributed by atoms with Crippen LogP contribution in [0.2, 0.25) is 0 Å². The number of carbonyl (C=O) groups excluding carboxylic acids is 2. The van der Waals surface area contributed by atoms with Gasteiger partial charge in [0.2, 0.25) is 0 Å². The Balaban J connectivity index is 2.81. The van der Waals surface area contributed by atoms with Gasteiger partial charge in [-0.2, -0.15) is 0 Å². The number of hydrogen-bond donors (Lipinski definition) is 1. The van der Waals surface area contributed by atoms with Crippen LogP contribution in [0.15, 0.2) is 28.7 Å². The molecule has 0 fully saturated rings. The number of ether oxygens (including phenoxy) is 2. The lowest BCUT2D eigenvalue weighted by molar-refractivity contribution is -0.137. The molecule has 1 N–H and O–H groups in total. The SMILES string of the molecule is CCCCOC(=O)/C=C/c1cc(Br)ccc1NC(=O)OC(C)(C)C. The largest absolute Gasteiger partial charge is 0.463 e. The van der Waals surface area contributed by atoms with Crippen molar-refractivity contribution in [2.75, 3.05) is 11.9 Å². The number of anilines is 1. The second-order valence-corrected chi connectivity index (χ2v) is 7.13. The maximum atomic E-state index is 11.9. The second-order valence-electron chi connectivity index (χ2n) is 6.21. The summed E-state index contributed by atoms with van der Waals surface area (Å²) in [4.78, 5) is 23.6. The van der Waals surface area contributed by atoms with Gasteiger partial charge in [0.1, 0.15) is 5.60 Å². The molecule has 0 unspecified atom stereocenters.